The molecular weight excluding hydrogens is 370 g/mol. The SMILES string of the molecule is C[C@]12CC[C@H]3[C@@H](CC=C4C[C@@H](O)CC[C@@]43C)[C@@H]1CC[C@@H]2C(=O)/C=C/c1ccccn1. The Morgan fingerprint density at radius 3 is 2.80 bits per heavy atom. The van der Waals surface area contributed by atoms with Gasteiger partial charge in [-0.25, -0.2) is 0 Å². The van der Waals surface area contributed by atoms with E-state index in [0.717, 1.165) is 50.1 Å². The highest BCUT2D eigenvalue weighted by molar-refractivity contribution is 5.96. The third kappa shape index (κ3) is 3.12. The molecule has 4 aliphatic rings. The van der Waals surface area contributed by atoms with Gasteiger partial charge >= 0.3 is 0 Å². The van der Waals surface area contributed by atoms with E-state index in [2.05, 4.69) is 24.9 Å². The number of fused-ring (bicyclic) bond motifs is 5. The van der Waals surface area contributed by atoms with Crippen molar-refractivity contribution in [3.63, 3.8) is 0 Å². The van der Waals surface area contributed by atoms with E-state index in [1.165, 1.54) is 18.4 Å². The summed E-state index contributed by atoms with van der Waals surface area (Å²) in [6.07, 6.45) is 16.5. The van der Waals surface area contributed by atoms with Crippen molar-refractivity contribution in [3.05, 3.63) is 47.8 Å². The van der Waals surface area contributed by atoms with E-state index >= 15 is 0 Å². The van der Waals surface area contributed by atoms with Crippen LogP contribution in [0.5, 0.6) is 0 Å². The van der Waals surface area contributed by atoms with Crippen molar-refractivity contribution in [3.8, 4) is 0 Å². The zero-order valence-electron chi connectivity index (χ0n) is 18.4. The van der Waals surface area contributed by atoms with Crippen molar-refractivity contribution in [2.24, 2.45) is 34.5 Å². The van der Waals surface area contributed by atoms with E-state index in [9.17, 15) is 9.90 Å². The summed E-state index contributed by atoms with van der Waals surface area (Å²) in [5.74, 6) is 2.51. The van der Waals surface area contributed by atoms with Gasteiger partial charge in [0.15, 0.2) is 5.78 Å². The van der Waals surface area contributed by atoms with Crippen LogP contribution in [0.1, 0.15) is 70.9 Å². The standard InChI is InChI=1S/C27H35NO2/c1-26-14-12-20(29)17-18(26)6-8-21-22-9-10-24(27(22,2)15-13-23(21)26)25(30)11-7-19-5-3-4-16-28-19/h3-7,11,16,20-24,29H,8-10,12-15,17H2,1-2H3/b11-7+/t20-,21-,22-,23-,24+,26-,27-/m0/s1. The number of aliphatic hydroxyl groups is 1. The molecule has 5 rings (SSSR count). The van der Waals surface area contributed by atoms with E-state index < -0.39 is 0 Å². The topological polar surface area (TPSA) is 50.2 Å². The lowest BCUT2D eigenvalue weighted by molar-refractivity contribution is -0.124. The maximum Gasteiger partial charge on any atom is 0.159 e. The summed E-state index contributed by atoms with van der Waals surface area (Å²) in [6, 6.07) is 5.81. The number of allylic oxidation sites excluding steroid dienone is 2. The Kier molecular flexibility index (Phi) is 5.01. The molecule has 7 atom stereocenters. The van der Waals surface area contributed by atoms with E-state index in [-0.39, 0.29) is 22.9 Å². The quantitative estimate of drug-likeness (QED) is 0.526. The van der Waals surface area contributed by atoms with Gasteiger partial charge in [-0.05, 0) is 104 Å². The van der Waals surface area contributed by atoms with Crippen LogP contribution in [-0.2, 0) is 4.79 Å². The van der Waals surface area contributed by atoms with E-state index in [1.807, 2.05) is 24.3 Å². The lowest BCUT2D eigenvalue weighted by atomic mass is 9.47. The zero-order valence-corrected chi connectivity index (χ0v) is 18.4. The van der Waals surface area contributed by atoms with Crippen LogP contribution >= 0.6 is 0 Å². The lowest BCUT2D eigenvalue weighted by Crippen LogP contribution is -2.50. The summed E-state index contributed by atoms with van der Waals surface area (Å²) in [7, 11) is 0. The zero-order chi connectivity index (χ0) is 20.9. The molecule has 0 amide bonds. The summed E-state index contributed by atoms with van der Waals surface area (Å²) in [4.78, 5) is 17.5. The highest BCUT2D eigenvalue weighted by atomic mass is 16.3. The predicted octanol–water partition coefficient (Wildman–Crippen LogP) is 5.60. The third-order valence-corrected chi connectivity index (χ3v) is 9.53. The van der Waals surface area contributed by atoms with Gasteiger partial charge in [-0.2, -0.15) is 0 Å². The van der Waals surface area contributed by atoms with Gasteiger partial charge in [0.05, 0.1) is 11.8 Å². The van der Waals surface area contributed by atoms with Gasteiger partial charge in [0.25, 0.3) is 0 Å². The molecule has 0 unspecified atom stereocenters. The molecule has 1 heterocycles. The highest BCUT2D eigenvalue weighted by Gasteiger charge is 2.59. The number of rotatable bonds is 3. The number of ketones is 1. The molecule has 0 radical (unpaired) electrons. The van der Waals surface area contributed by atoms with Crippen molar-refractivity contribution in [2.75, 3.05) is 0 Å². The van der Waals surface area contributed by atoms with Crippen LogP contribution in [-0.4, -0.2) is 22.0 Å². The maximum absolute atomic E-state index is 13.2. The van der Waals surface area contributed by atoms with Crippen LogP contribution in [0.3, 0.4) is 0 Å². The van der Waals surface area contributed by atoms with Crippen LogP contribution in [0.25, 0.3) is 6.08 Å². The second-order valence-corrected chi connectivity index (χ2v) is 10.8. The second kappa shape index (κ2) is 7.44. The minimum Gasteiger partial charge on any atom is -0.393 e. The average molecular weight is 406 g/mol. The fourth-order valence-corrected chi connectivity index (χ4v) is 7.87. The van der Waals surface area contributed by atoms with Crippen LogP contribution in [0.2, 0.25) is 0 Å². The number of aliphatic hydroxyl groups excluding tert-OH is 1. The van der Waals surface area contributed by atoms with Crippen LogP contribution in [0.15, 0.2) is 42.1 Å². The van der Waals surface area contributed by atoms with Gasteiger partial charge in [0, 0.05) is 12.1 Å². The molecule has 1 aromatic heterocycles. The van der Waals surface area contributed by atoms with Gasteiger partial charge in [-0.15, -0.1) is 0 Å². The molecule has 4 aliphatic carbocycles. The third-order valence-electron chi connectivity index (χ3n) is 9.53. The number of hydrogen-bond donors (Lipinski definition) is 1. The summed E-state index contributed by atoms with van der Waals surface area (Å²) < 4.78 is 0. The molecule has 0 spiro atoms. The molecule has 0 saturated heterocycles. The normalized spacial score (nSPS) is 42.9. The summed E-state index contributed by atoms with van der Waals surface area (Å²) in [5, 5.41) is 10.2. The van der Waals surface area contributed by atoms with Crippen molar-refractivity contribution in [2.45, 2.75) is 71.3 Å². The average Bonchev–Trinajstić information content (AvgIpc) is 3.10. The van der Waals surface area contributed by atoms with Crippen LogP contribution < -0.4 is 0 Å². The number of nitrogens with zero attached hydrogens (tertiary/aromatic N) is 1. The summed E-state index contributed by atoms with van der Waals surface area (Å²) in [5.41, 5.74) is 2.77. The first-order chi connectivity index (χ1) is 14.4. The van der Waals surface area contributed by atoms with E-state index in [4.69, 9.17) is 0 Å². The number of hydrogen-bond acceptors (Lipinski definition) is 3. The molecule has 30 heavy (non-hydrogen) atoms. The van der Waals surface area contributed by atoms with Crippen molar-refractivity contribution >= 4 is 11.9 Å². The Hall–Kier alpha value is -1.74. The van der Waals surface area contributed by atoms with Crippen molar-refractivity contribution in [1.82, 2.24) is 4.98 Å². The smallest absolute Gasteiger partial charge is 0.159 e. The Labute approximate surface area is 180 Å². The number of aromatic nitrogens is 1. The monoisotopic (exact) mass is 405 g/mol. The summed E-state index contributed by atoms with van der Waals surface area (Å²) >= 11 is 0. The maximum atomic E-state index is 13.2. The molecule has 3 saturated carbocycles. The van der Waals surface area contributed by atoms with Crippen molar-refractivity contribution in [1.29, 1.82) is 0 Å². The molecule has 160 valence electrons. The summed E-state index contributed by atoms with van der Waals surface area (Å²) in [6.45, 7) is 4.88. The highest BCUT2D eigenvalue weighted by Crippen LogP contribution is 2.66. The van der Waals surface area contributed by atoms with Gasteiger partial charge in [0.2, 0.25) is 0 Å². The van der Waals surface area contributed by atoms with Crippen molar-refractivity contribution < 1.29 is 9.90 Å². The molecule has 1 N–H and O–H groups in total. The van der Waals surface area contributed by atoms with Gasteiger partial charge in [-0.1, -0.05) is 31.6 Å². The second-order valence-electron chi connectivity index (χ2n) is 10.8. The Balaban J connectivity index is 1.36. The number of carbonyl (C=O) groups excluding carboxylic acids is 1. The molecule has 1 aromatic rings. The first kappa shape index (κ1) is 20.2. The Bertz CT molecular complexity index is 874. The largest absolute Gasteiger partial charge is 0.393 e. The minimum atomic E-state index is -0.144. The Morgan fingerprint density at radius 2 is 2.00 bits per heavy atom. The first-order valence-electron chi connectivity index (χ1n) is 11.9. The Morgan fingerprint density at radius 1 is 1.13 bits per heavy atom. The molecular formula is C27H35NO2. The lowest BCUT2D eigenvalue weighted by Gasteiger charge is -2.57. The molecule has 3 nitrogen and oxygen atoms in total. The fraction of sp³-hybridized carbons (Fsp3) is 0.630. The van der Waals surface area contributed by atoms with Gasteiger partial charge < -0.3 is 5.11 Å². The predicted molar refractivity (Wildman–Crippen MR) is 119 cm³/mol. The van der Waals surface area contributed by atoms with Crippen LogP contribution in [0, 0.1) is 34.5 Å². The molecule has 0 aromatic carbocycles. The van der Waals surface area contributed by atoms with Gasteiger partial charge in [-0.3, -0.25) is 9.78 Å². The molecule has 3 fully saturated rings. The molecule has 3 heteroatoms. The van der Waals surface area contributed by atoms with Crippen LogP contribution in [0.4, 0.5) is 0 Å². The minimum absolute atomic E-state index is 0.128. The number of carbonyl (C=O) groups is 1. The molecule has 0 bridgehead atoms. The fourth-order valence-electron chi connectivity index (χ4n) is 7.87. The van der Waals surface area contributed by atoms with E-state index in [0.29, 0.717) is 17.6 Å². The van der Waals surface area contributed by atoms with E-state index in [1.54, 1.807) is 12.3 Å². The number of pyridine rings is 1. The molecule has 0 aliphatic heterocycles. The first-order valence-corrected chi connectivity index (χ1v) is 11.9. The van der Waals surface area contributed by atoms with Gasteiger partial charge in [0.1, 0.15) is 0 Å².